The minimum Gasteiger partial charge on any atom is -0.347 e. The topological polar surface area (TPSA) is 104 Å². The van der Waals surface area contributed by atoms with E-state index >= 15 is 0 Å². The van der Waals surface area contributed by atoms with Crippen molar-refractivity contribution < 1.29 is 4.79 Å². The Hall–Kier alpha value is -2.16. The Bertz CT molecular complexity index is 477. The third kappa shape index (κ3) is 2.81. The smallest absolute Gasteiger partial charge is 0.243 e. The monoisotopic (exact) mass is 266 g/mol. The summed E-state index contributed by atoms with van der Waals surface area (Å²) in [5, 5.41) is 0. The van der Waals surface area contributed by atoms with E-state index in [4.69, 9.17) is 5.84 Å². The Kier molecular flexibility index (Phi) is 3.65. The normalized spacial score (nSPS) is 15.7. The number of hydrazine groups is 1. The maximum atomic E-state index is 11.7. The summed E-state index contributed by atoms with van der Waals surface area (Å²) in [6, 6.07) is 0. The van der Waals surface area contributed by atoms with Crippen LogP contribution in [0.4, 0.5) is 17.8 Å². The summed E-state index contributed by atoms with van der Waals surface area (Å²) in [4.78, 5) is 29.6. The summed E-state index contributed by atoms with van der Waals surface area (Å²) in [5.41, 5.74) is 2.41. The third-order valence-electron chi connectivity index (χ3n) is 2.88. The van der Waals surface area contributed by atoms with Crippen molar-refractivity contribution in [2.45, 2.75) is 0 Å². The van der Waals surface area contributed by atoms with Gasteiger partial charge in [-0.1, -0.05) is 0 Å². The number of nitrogens with one attached hydrogen (secondary N) is 1. The Morgan fingerprint density at radius 2 is 2.00 bits per heavy atom. The lowest BCUT2D eigenvalue weighted by atomic mass is 10.3. The van der Waals surface area contributed by atoms with Crippen LogP contribution in [-0.2, 0) is 4.79 Å². The first-order valence-corrected chi connectivity index (χ1v) is 5.90. The molecule has 0 atom stereocenters. The van der Waals surface area contributed by atoms with Gasteiger partial charge in [0.25, 0.3) is 0 Å². The zero-order valence-corrected chi connectivity index (χ0v) is 11.3. The summed E-state index contributed by atoms with van der Waals surface area (Å²) in [7, 11) is 5.44. The first kappa shape index (κ1) is 13.3. The Labute approximate surface area is 111 Å². The molecule has 0 unspecified atom stereocenters. The van der Waals surface area contributed by atoms with Crippen LogP contribution in [-0.4, -0.2) is 66.5 Å². The van der Waals surface area contributed by atoms with Crippen LogP contribution in [0.3, 0.4) is 0 Å². The fourth-order valence-electron chi connectivity index (χ4n) is 1.69. The molecule has 2 heterocycles. The van der Waals surface area contributed by atoms with Crippen LogP contribution in [0.2, 0.25) is 0 Å². The van der Waals surface area contributed by atoms with Gasteiger partial charge in [0.2, 0.25) is 23.8 Å². The van der Waals surface area contributed by atoms with Crippen LogP contribution in [0.5, 0.6) is 0 Å². The van der Waals surface area contributed by atoms with Gasteiger partial charge in [-0.3, -0.25) is 10.2 Å². The zero-order chi connectivity index (χ0) is 14.0. The number of carbonyl (C=O) groups excluding carboxylic acids is 1. The van der Waals surface area contributed by atoms with Gasteiger partial charge in [-0.25, -0.2) is 5.84 Å². The molecule has 104 valence electrons. The Balaban J connectivity index is 2.28. The SMILES string of the molecule is CN1CCN(c2nc(NN)nc(N(C)C)n2)CC1=O. The fourth-order valence-corrected chi connectivity index (χ4v) is 1.69. The molecule has 1 aromatic rings. The molecule has 1 saturated heterocycles. The lowest BCUT2D eigenvalue weighted by Gasteiger charge is -2.32. The van der Waals surface area contributed by atoms with Gasteiger partial charge in [0.05, 0.1) is 6.54 Å². The summed E-state index contributed by atoms with van der Waals surface area (Å²) in [5.74, 6) is 6.61. The number of likely N-dealkylation sites (N-methyl/N-ethyl adjacent to an activating group) is 1. The Morgan fingerprint density at radius 1 is 1.26 bits per heavy atom. The number of carbonyl (C=O) groups is 1. The highest BCUT2D eigenvalue weighted by atomic mass is 16.2. The van der Waals surface area contributed by atoms with Crippen LogP contribution < -0.4 is 21.1 Å². The van der Waals surface area contributed by atoms with Gasteiger partial charge in [-0.15, -0.1) is 0 Å². The molecule has 1 aromatic heterocycles. The van der Waals surface area contributed by atoms with Crippen molar-refractivity contribution in [1.82, 2.24) is 19.9 Å². The average Bonchev–Trinajstić information content (AvgIpc) is 2.41. The number of nitrogen functional groups attached to an aromatic ring is 1. The molecule has 3 N–H and O–H groups in total. The molecule has 0 aliphatic carbocycles. The van der Waals surface area contributed by atoms with Crippen molar-refractivity contribution in [1.29, 1.82) is 0 Å². The Morgan fingerprint density at radius 3 is 2.58 bits per heavy atom. The van der Waals surface area contributed by atoms with E-state index in [1.165, 1.54) is 0 Å². The number of hydrogen-bond donors (Lipinski definition) is 2. The second-order valence-electron chi connectivity index (χ2n) is 4.53. The highest BCUT2D eigenvalue weighted by molar-refractivity contribution is 5.82. The van der Waals surface area contributed by atoms with Gasteiger partial charge in [0.15, 0.2) is 0 Å². The third-order valence-corrected chi connectivity index (χ3v) is 2.88. The van der Waals surface area contributed by atoms with Gasteiger partial charge in [-0.2, -0.15) is 15.0 Å². The summed E-state index contributed by atoms with van der Waals surface area (Å²) < 4.78 is 0. The van der Waals surface area contributed by atoms with E-state index in [2.05, 4.69) is 20.4 Å². The second-order valence-corrected chi connectivity index (χ2v) is 4.53. The van der Waals surface area contributed by atoms with Gasteiger partial charge < -0.3 is 14.7 Å². The molecular formula is C10H18N8O. The fraction of sp³-hybridized carbons (Fsp3) is 0.600. The molecule has 19 heavy (non-hydrogen) atoms. The minimum absolute atomic E-state index is 0.0420. The molecule has 0 radical (unpaired) electrons. The molecule has 0 bridgehead atoms. The van der Waals surface area contributed by atoms with Crippen molar-refractivity contribution in [2.24, 2.45) is 5.84 Å². The number of anilines is 3. The van der Waals surface area contributed by atoms with Gasteiger partial charge >= 0.3 is 0 Å². The van der Waals surface area contributed by atoms with E-state index in [1.807, 2.05) is 19.0 Å². The van der Waals surface area contributed by atoms with Crippen molar-refractivity contribution in [3.8, 4) is 0 Å². The van der Waals surface area contributed by atoms with Crippen LogP contribution in [0, 0.1) is 0 Å². The lowest BCUT2D eigenvalue weighted by Crippen LogP contribution is -2.49. The van der Waals surface area contributed by atoms with E-state index in [-0.39, 0.29) is 18.4 Å². The quantitative estimate of drug-likeness (QED) is 0.503. The highest BCUT2D eigenvalue weighted by Gasteiger charge is 2.24. The molecule has 1 fully saturated rings. The molecule has 1 aliphatic rings. The van der Waals surface area contributed by atoms with Crippen molar-refractivity contribution in [3.05, 3.63) is 0 Å². The molecule has 1 aliphatic heterocycles. The van der Waals surface area contributed by atoms with E-state index in [0.29, 0.717) is 25.0 Å². The van der Waals surface area contributed by atoms with Crippen LogP contribution in [0.15, 0.2) is 0 Å². The maximum Gasteiger partial charge on any atom is 0.243 e. The van der Waals surface area contributed by atoms with Gasteiger partial charge in [0.1, 0.15) is 0 Å². The first-order chi connectivity index (χ1) is 9.01. The number of nitrogens with two attached hydrogens (primary N) is 1. The van der Waals surface area contributed by atoms with Crippen molar-refractivity contribution in [3.63, 3.8) is 0 Å². The maximum absolute atomic E-state index is 11.7. The van der Waals surface area contributed by atoms with Gasteiger partial charge in [-0.05, 0) is 0 Å². The summed E-state index contributed by atoms with van der Waals surface area (Å²) in [6.45, 7) is 1.59. The zero-order valence-electron chi connectivity index (χ0n) is 11.3. The molecule has 0 saturated carbocycles. The number of aromatic nitrogens is 3. The summed E-state index contributed by atoms with van der Waals surface area (Å²) in [6.07, 6.45) is 0. The second kappa shape index (κ2) is 5.22. The van der Waals surface area contributed by atoms with E-state index in [9.17, 15) is 4.79 Å². The minimum atomic E-state index is 0.0420. The summed E-state index contributed by atoms with van der Waals surface area (Å²) >= 11 is 0. The molecule has 9 heteroatoms. The number of rotatable bonds is 3. The predicted octanol–water partition coefficient (Wildman–Crippen LogP) is -1.50. The first-order valence-electron chi connectivity index (χ1n) is 5.90. The molecule has 0 spiro atoms. The van der Waals surface area contributed by atoms with Crippen molar-refractivity contribution in [2.75, 3.05) is 56.0 Å². The predicted molar refractivity (Wildman–Crippen MR) is 71.8 cm³/mol. The van der Waals surface area contributed by atoms with E-state index < -0.39 is 0 Å². The lowest BCUT2D eigenvalue weighted by molar-refractivity contribution is -0.129. The van der Waals surface area contributed by atoms with Gasteiger partial charge in [0, 0.05) is 34.2 Å². The van der Waals surface area contributed by atoms with E-state index in [0.717, 1.165) is 0 Å². The van der Waals surface area contributed by atoms with Crippen LogP contribution in [0.25, 0.3) is 0 Å². The average molecular weight is 266 g/mol. The highest BCUT2D eigenvalue weighted by Crippen LogP contribution is 2.16. The molecule has 2 rings (SSSR count). The number of amides is 1. The number of hydrogen-bond acceptors (Lipinski definition) is 8. The largest absolute Gasteiger partial charge is 0.347 e. The standard InChI is InChI=1S/C10H18N8O/c1-16(2)9-12-8(15-11)13-10(14-9)18-5-4-17(3)7(19)6-18/h4-6,11H2,1-3H3,(H,12,13,14,15). The molecular weight excluding hydrogens is 248 g/mol. The number of nitrogens with zero attached hydrogens (tertiary/aromatic N) is 6. The van der Waals surface area contributed by atoms with Crippen LogP contribution >= 0.6 is 0 Å². The number of piperazine rings is 1. The van der Waals surface area contributed by atoms with Crippen molar-refractivity contribution >= 4 is 23.8 Å². The molecule has 1 amide bonds. The van der Waals surface area contributed by atoms with E-state index in [1.54, 1.807) is 16.8 Å². The molecule has 9 nitrogen and oxygen atoms in total. The van der Waals surface area contributed by atoms with Crippen LogP contribution in [0.1, 0.15) is 0 Å². The molecule has 0 aromatic carbocycles.